The van der Waals surface area contributed by atoms with Gasteiger partial charge < -0.3 is 15.4 Å². The molecule has 0 fully saturated rings. The van der Waals surface area contributed by atoms with E-state index in [2.05, 4.69) is 0 Å². The van der Waals surface area contributed by atoms with Gasteiger partial charge in [-0.05, 0) is 0 Å². The number of hydrogen-bond acceptors (Lipinski definition) is 3. The second kappa shape index (κ2) is 5.61. The summed E-state index contributed by atoms with van der Waals surface area (Å²) in [5.74, 6) is 0.0838. The lowest BCUT2D eigenvalue weighted by atomic mass is 10.5. The molecule has 62 valence electrons. The van der Waals surface area contributed by atoms with E-state index in [0.717, 1.165) is 6.54 Å². The van der Waals surface area contributed by atoms with Crippen molar-refractivity contribution in [1.29, 1.82) is 0 Å². The van der Waals surface area contributed by atoms with E-state index in [-0.39, 0.29) is 5.91 Å². The van der Waals surface area contributed by atoms with Crippen molar-refractivity contribution < 1.29 is 9.59 Å². The van der Waals surface area contributed by atoms with Crippen molar-refractivity contribution in [3.05, 3.63) is 12.2 Å². The van der Waals surface area contributed by atoms with E-state index < -0.39 is 0 Å². The van der Waals surface area contributed by atoms with Gasteiger partial charge in [-0.15, -0.1) is 0 Å². The first-order chi connectivity index (χ1) is 5.34. The summed E-state index contributed by atoms with van der Waals surface area (Å²) in [4.78, 5) is 20.5. The maximum Gasteiger partial charge on any atom is 0.246 e. The molecule has 0 saturated heterocycles. The smallest absolute Gasteiger partial charge is 0.246 e. The first kappa shape index (κ1) is 9.84. The molecule has 0 spiro atoms. The van der Waals surface area contributed by atoms with Crippen LogP contribution in [0.5, 0.6) is 0 Å². The molecule has 0 aromatic rings. The number of nitrogens with two attached hydrogens (primary N) is 1. The highest BCUT2D eigenvalue weighted by atomic mass is 16.2. The topological polar surface area (TPSA) is 63.4 Å². The Balaban J connectivity index is 0.000000461. The van der Waals surface area contributed by atoms with Crippen LogP contribution in [0.2, 0.25) is 0 Å². The van der Waals surface area contributed by atoms with E-state index in [4.69, 9.17) is 10.5 Å². The van der Waals surface area contributed by atoms with Crippen molar-refractivity contribution in [3.8, 4) is 0 Å². The van der Waals surface area contributed by atoms with Crippen LogP contribution in [0, 0.1) is 0 Å². The normalized spacial score (nSPS) is 14.6. The second-order valence-corrected chi connectivity index (χ2v) is 1.98. The molecule has 4 nitrogen and oxygen atoms in total. The molecule has 1 rings (SSSR count). The Morgan fingerprint density at radius 1 is 1.64 bits per heavy atom. The van der Waals surface area contributed by atoms with Crippen molar-refractivity contribution >= 4 is 12.7 Å². The molecule has 0 atom stereocenters. The van der Waals surface area contributed by atoms with Gasteiger partial charge in [-0.25, -0.2) is 0 Å². The summed E-state index contributed by atoms with van der Waals surface area (Å²) in [6, 6.07) is 0. The third-order valence-electron chi connectivity index (χ3n) is 1.30. The number of carbonyl (C=O) groups excluding carboxylic acids is 2. The van der Waals surface area contributed by atoms with Crippen molar-refractivity contribution in [2.24, 2.45) is 5.73 Å². The zero-order chi connectivity index (χ0) is 8.69. The monoisotopic (exact) mass is 156 g/mol. The van der Waals surface area contributed by atoms with Gasteiger partial charge in [-0.1, -0.05) is 6.08 Å². The number of hydrogen-bond donors (Lipinski definition) is 1. The maximum atomic E-state index is 10.7. The molecule has 1 amide bonds. The van der Waals surface area contributed by atoms with E-state index in [1.54, 1.807) is 11.0 Å². The van der Waals surface area contributed by atoms with Crippen LogP contribution in [-0.4, -0.2) is 37.2 Å². The highest BCUT2D eigenvalue weighted by Gasteiger charge is 2.11. The molecule has 0 aromatic carbocycles. The molecule has 0 radical (unpaired) electrons. The van der Waals surface area contributed by atoms with Crippen LogP contribution in [0.4, 0.5) is 0 Å². The van der Waals surface area contributed by atoms with Crippen molar-refractivity contribution in [2.45, 2.75) is 0 Å². The number of nitrogens with zero attached hydrogens (tertiary/aromatic N) is 1. The molecule has 0 bridgehead atoms. The summed E-state index contributed by atoms with van der Waals surface area (Å²) >= 11 is 0. The zero-order valence-electron chi connectivity index (χ0n) is 6.32. The lowest BCUT2D eigenvalue weighted by Gasteiger charge is -2.12. The Labute approximate surface area is 65.7 Å². The van der Waals surface area contributed by atoms with Crippen molar-refractivity contribution in [2.75, 3.05) is 19.6 Å². The number of carbonyl (C=O) groups is 2. The van der Waals surface area contributed by atoms with E-state index in [9.17, 15) is 4.79 Å². The molecule has 0 aromatic heterocycles. The van der Waals surface area contributed by atoms with Gasteiger partial charge in [0.15, 0.2) is 0 Å². The second-order valence-electron chi connectivity index (χ2n) is 1.98. The summed E-state index contributed by atoms with van der Waals surface area (Å²) in [6.07, 6.45) is 3.42. The number of rotatable bonds is 2. The third kappa shape index (κ3) is 2.95. The standard InChI is InChI=1S/C6H10N2O.CH2O/c7-3-5-8-4-1-2-6(8)9;1-2/h1-2H,3-5,7H2;1H2. The zero-order valence-corrected chi connectivity index (χ0v) is 6.32. The van der Waals surface area contributed by atoms with Crippen LogP contribution in [0.3, 0.4) is 0 Å². The van der Waals surface area contributed by atoms with Gasteiger partial charge in [0.1, 0.15) is 6.79 Å². The summed E-state index contributed by atoms with van der Waals surface area (Å²) in [5.41, 5.74) is 5.25. The first-order valence-corrected chi connectivity index (χ1v) is 3.29. The van der Waals surface area contributed by atoms with Crippen LogP contribution in [0.1, 0.15) is 0 Å². The van der Waals surface area contributed by atoms with Gasteiger partial charge >= 0.3 is 0 Å². The first-order valence-electron chi connectivity index (χ1n) is 3.29. The van der Waals surface area contributed by atoms with Gasteiger partial charge in [0, 0.05) is 25.7 Å². The van der Waals surface area contributed by atoms with E-state index in [1.807, 2.05) is 12.9 Å². The number of amides is 1. The minimum atomic E-state index is 0.0838. The lowest BCUT2D eigenvalue weighted by molar-refractivity contribution is -0.124. The Bertz CT molecular complexity index is 157. The Morgan fingerprint density at radius 2 is 2.27 bits per heavy atom. The molecule has 11 heavy (non-hydrogen) atoms. The molecule has 1 aliphatic rings. The van der Waals surface area contributed by atoms with E-state index >= 15 is 0 Å². The lowest BCUT2D eigenvalue weighted by Crippen LogP contribution is -2.30. The van der Waals surface area contributed by atoms with Gasteiger partial charge in [0.25, 0.3) is 0 Å². The molecule has 4 heteroatoms. The quantitative estimate of drug-likeness (QED) is 0.567. The largest absolute Gasteiger partial charge is 0.334 e. The summed E-state index contributed by atoms with van der Waals surface area (Å²) in [5, 5.41) is 0. The maximum absolute atomic E-state index is 10.7. The van der Waals surface area contributed by atoms with E-state index in [1.165, 1.54) is 0 Å². The molecule has 0 aliphatic carbocycles. The fraction of sp³-hybridized carbons (Fsp3) is 0.429. The average Bonchev–Trinajstić information content (AvgIpc) is 2.42. The summed E-state index contributed by atoms with van der Waals surface area (Å²) in [6.45, 7) is 3.95. The highest BCUT2D eigenvalue weighted by Crippen LogP contribution is 1.98. The van der Waals surface area contributed by atoms with E-state index in [0.29, 0.717) is 13.1 Å². The molecule has 0 unspecified atom stereocenters. The Hall–Kier alpha value is -1.16. The molecule has 0 saturated carbocycles. The van der Waals surface area contributed by atoms with Crippen LogP contribution in [0.25, 0.3) is 0 Å². The van der Waals surface area contributed by atoms with Gasteiger partial charge in [0.05, 0.1) is 0 Å². The van der Waals surface area contributed by atoms with Crippen LogP contribution < -0.4 is 5.73 Å². The SMILES string of the molecule is C=O.NCCN1CC=CC1=O. The summed E-state index contributed by atoms with van der Waals surface area (Å²) < 4.78 is 0. The molecule has 1 aliphatic heterocycles. The molecular weight excluding hydrogens is 144 g/mol. The van der Waals surface area contributed by atoms with Gasteiger partial charge in [-0.3, -0.25) is 4.79 Å². The molecule has 2 N–H and O–H groups in total. The summed E-state index contributed by atoms with van der Waals surface area (Å²) in [7, 11) is 0. The highest BCUT2D eigenvalue weighted by molar-refractivity contribution is 5.89. The van der Waals surface area contributed by atoms with Gasteiger partial charge in [0.2, 0.25) is 5.91 Å². The van der Waals surface area contributed by atoms with Crippen molar-refractivity contribution in [3.63, 3.8) is 0 Å². The predicted octanol–water partition coefficient (Wildman–Crippen LogP) is -0.841. The Morgan fingerprint density at radius 3 is 2.64 bits per heavy atom. The third-order valence-corrected chi connectivity index (χ3v) is 1.30. The van der Waals surface area contributed by atoms with Crippen LogP contribution in [-0.2, 0) is 9.59 Å². The fourth-order valence-corrected chi connectivity index (χ4v) is 0.833. The van der Waals surface area contributed by atoms with Crippen LogP contribution >= 0.6 is 0 Å². The minimum Gasteiger partial charge on any atom is -0.334 e. The van der Waals surface area contributed by atoms with Gasteiger partial charge in [-0.2, -0.15) is 0 Å². The molecular formula is C7H12N2O2. The predicted molar refractivity (Wildman–Crippen MR) is 41.9 cm³/mol. The average molecular weight is 156 g/mol. The minimum absolute atomic E-state index is 0.0838. The van der Waals surface area contributed by atoms with Crippen LogP contribution in [0.15, 0.2) is 12.2 Å². The Kier molecular flexibility index (Phi) is 5.02. The fourth-order valence-electron chi connectivity index (χ4n) is 0.833. The molecule has 1 heterocycles. The van der Waals surface area contributed by atoms with Crippen molar-refractivity contribution in [1.82, 2.24) is 4.90 Å².